The smallest absolute Gasteiger partial charge is 0.401 e. The molecule has 10 heteroatoms. The molecule has 3 aliphatic heterocycles. The number of ether oxygens (including phenoxy) is 1. The Kier molecular flexibility index (Phi) is 5.44. The van der Waals surface area contributed by atoms with E-state index in [1.54, 1.807) is 18.2 Å². The number of carbonyl (C=O) groups is 3. The van der Waals surface area contributed by atoms with Gasteiger partial charge in [-0.3, -0.25) is 24.6 Å². The van der Waals surface area contributed by atoms with E-state index in [9.17, 15) is 27.6 Å². The lowest BCUT2D eigenvalue weighted by molar-refractivity contribution is -0.150. The van der Waals surface area contributed by atoms with E-state index in [-0.39, 0.29) is 43.8 Å². The number of rotatable bonds is 4. The van der Waals surface area contributed by atoms with E-state index >= 15 is 0 Å². The molecule has 1 aromatic rings. The van der Waals surface area contributed by atoms with Gasteiger partial charge in [0.15, 0.2) is 0 Å². The Balaban J connectivity index is 1.42. The second-order valence-electron chi connectivity index (χ2n) is 7.95. The summed E-state index contributed by atoms with van der Waals surface area (Å²) in [5, 5.41) is 2.26. The predicted octanol–water partition coefficient (Wildman–Crippen LogP) is 1.85. The van der Waals surface area contributed by atoms with E-state index in [1.165, 1.54) is 9.80 Å². The molecule has 2 fully saturated rings. The Morgan fingerprint density at radius 2 is 1.97 bits per heavy atom. The first-order valence-electron chi connectivity index (χ1n) is 9.93. The normalized spacial score (nSPS) is 25.3. The van der Waals surface area contributed by atoms with Crippen LogP contribution in [0, 0.1) is 0 Å². The zero-order chi connectivity index (χ0) is 21.5. The molecule has 0 aromatic heterocycles. The first-order valence-corrected chi connectivity index (χ1v) is 9.93. The summed E-state index contributed by atoms with van der Waals surface area (Å²) in [7, 11) is 0. The van der Waals surface area contributed by atoms with E-state index in [1.807, 2.05) is 0 Å². The number of carbonyl (C=O) groups excluding carboxylic acids is 3. The first-order chi connectivity index (χ1) is 14.2. The van der Waals surface area contributed by atoms with Gasteiger partial charge in [0.1, 0.15) is 17.9 Å². The molecule has 0 radical (unpaired) electrons. The molecule has 162 valence electrons. The van der Waals surface area contributed by atoms with Crippen molar-refractivity contribution in [2.24, 2.45) is 0 Å². The van der Waals surface area contributed by atoms with Crippen LogP contribution in [-0.4, -0.2) is 65.5 Å². The Labute approximate surface area is 171 Å². The number of alkyl halides is 3. The highest BCUT2D eigenvalue weighted by Gasteiger charge is 2.39. The van der Waals surface area contributed by atoms with Gasteiger partial charge in [-0.1, -0.05) is 0 Å². The third-order valence-corrected chi connectivity index (χ3v) is 5.66. The number of halogens is 3. The van der Waals surface area contributed by atoms with Crippen molar-refractivity contribution in [3.63, 3.8) is 0 Å². The molecule has 1 aromatic carbocycles. The second kappa shape index (κ2) is 7.90. The molecule has 0 aliphatic carbocycles. The van der Waals surface area contributed by atoms with Crippen molar-refractivity contribution >= 4 is 17.7 Å². The molecule has 0 spiro atoms. The molecule has 7 nitrogen and oxygen atoms in total. The van der Waals surface area contributed by atoms with Crippen molar-refractivity contribution in [1.29, 1.82) is 0 Å². The minimum absolute atomic E-state index is 0.182. The Morgan fingerprint density at radius 1 is 1.17 bits per heavy atom. The standard InChI is InChI=1S/C20H22F3N3O4/c21-20(22,23)11-25-7-1-2-14(10-25)30-13-3-4-15-12(8-13)9-26(19(15)29)16-5-6-17(27)24-18(16)28/h3-4,8,14,16H,1-2,5-7,9-11H2,(H,24,27,28)/t14-,16?/m0/s1. The van der Waals surface area contributed by atoms with Crippen molar-refractivity contribution < 1.29 is 32.3 Å². The van der Waals surface area contributed by atoms with Crippen LogP contribution in [-0.2, 0) is 16.1 Å². The van der Waals surface area contributed by atoms with Crippen LogP contribution < -0.4 is 10.1 Å². The lowest BCUT2D eigenvalue weighted by Crippen LogP contribution is -2.52. The maximum absolute atomic E-state index is 12.7. The Morgan fingerprint density at radius 3 is 2.70 bits per heavy atom. The summed E-state index contributed by atoms with van der Waals surface area (Å²) in [6.07, 6.45) is -2.86. The van der Waals surface area contributed by atoms with Crippen LogP contribution in [0.5, 0.6) is 5.75 Å². The molecule has 1 unspecified atom stereocenters. The quantitative estimate of drug-likeness (QED) is 0.745. The van der Waals surface area contributed by atoms with Gasteiger partial charge < -0.3 is 9.64 Å². The van der Waals surface area contributed by atoms with Crippen LogP contribution in [0.15, 0.2) is 18.2 Å². The summed E-state index contributed by atoms with van der Waals surface area (Å²) in [5.41, 5.74) is 1.17. The Bertz CT molecular complexity index is 873. The molecule has 3 amide bonds. The molecule has 0 saturated carbocycles. The third-order valence-electron chi connectivity index (χ3n) is 5.66. The van der Waals surface area contributed by atoms with Gasteiger partial charge in [-0.2, -0.15) is 13.2 Å². The number of likely N-dealkylation sites (tertiary alicyclic amines) is 1. The Hall–Kier alpha value is -2.62. The van der Waals surface area contributed by atoms with Gasteiger partial charge in [0.25, 0.3) is 5.91 Å². The van der Waals surface area contributed by atoms with E-state index in [0.717, 1.165) is 0 Å². The fourth-order valence-electron chi connectivity index (χ4n) is 4.32. The predicted molar refractivity (Wildman–Crippen MR) is 98.6 cm³/mol. The van der Waals surface area contributed by atoms with Gasteiger partial charge in [0, 0.05) is 25.1 Å². The number of nitrogens with zero attached hydrogens (tertiary/aromatic N) is 2. The molecule has 0 bridgehead atoms. The number of nitrogens with one attached hydrogen (secondary N) is 1. The van der Waals surface area contributed by atoms with Crippen molar-refractivity contribution in [3.8, 4) is 5.75 Å². The average Bonchev–Trinajstić information content (AvgIpc) is 2.96. The van der Waals surface area contributed by atoms with Crippen LogP contribution in [0.4, 0.5) is 13.2 Å². The molecule has 3 aliphatic rings. The van der Waals surface area contributed by atoms with Gasteiger partial charge in [-0.15, -0.1) is 0 Å². The molecule has 3 heterocycles. The molecule has 30 heavy (non-hydrogen) atoms. The lowest BCUT2D eigenvalue weighted by atomic mass is 10.0. The highest BCUT2D eigenvalue weighted by atomic mass is 19.4. The molecule has 2 atom stereocenters. The highest BCUT2D eigenvalue weighted by molar-refractivity contribution is 6.05. The maximum Gasteiger partial charge on any atom is 0.401 e. The zero-order valence-corrected chi connectivity index (χ0v) is 16.2. The summed E-state index contributed by atoms with van der Waals surface area (Å²) in [6, 6.07) is 4.27. The number of benzene rings is 1. The second-order valence-corrected chi connectivity index (χ2v) is 7.95. The van der Waals surface area contributed by atoms with Gasteiger partial charge in [-0.25, -0.2) is 0 Å². The van der Waals surface area contributed by atoms with Crippen LogP contribution in [0.2, 0.25) is 0 Å². The molecule has 1 N–H and O–H groups in total. The molecular formula is C20H22F3N3O4. The minimum atomic E-state index is -4.24. The minimum Gasteiger partial charge on any atom is -0.489 e. The molecule has 2 saturated heterocycles. The summed E-state index contributed by atoms with van der Waals surface area (Å²) in [5.74, 6) is -0.607. The SMILES string of the molecule is O=C1CCC(N2Cc3cc(O[C@H]4CCCN(CC(F)(F)F)C4)ccc3C2=O)C(=O)N1. The number of fused-ring (bicyclic) bond motifs is 1. The van der Waals surface area contributed by atoms with Gasteiger partial charge in [0.05, 0.1) is 6.54 Å². The maximum atomic E-state index is 12.7. The van der Waals surface area contributed by atoms with E-state index < -0.39 is 24.7 Å². The molecule has 4 rings (SSSR count). The number of hydrogen-bond donors (Lipinski definition) is 1. The number of amides is 3. The van der Waals surface area contributed by atoms with Gasteiger partial charge in [-0.05, 0) is 49.6 Å². The van der Waals surface area contributed by atoms with E-state index in [0.29, 0.717) is 36.3 Å². The fourth-order valence-corrected chi connectivity index (χ4v) is 4.32. The van der Waals surface area contributed by atoms with Gasteiger partial charge >= 0.3 is 6.18 Å². The van der Waals surface area contributed by atoms with Crippen LogP contribution in [0.1, 0.15) is 41.6 Å². The van der Waals surface area contributed by atoms with E-state index in [4.69, 9.17) is 4.74 Å². The summed E-state index contributed by atoms with van der Waals surface area (Å²) >= 11 is 0. The zero-order valence-electron chi connectivity index (χ0n) is 16.2. The largest absolute Gasteiger partial charge is 0.489 e. The molecular weight excluding hydrogens is 403 g/mol. The van der Waals surface area contributed by atoms with Crippen molar-refractivity contribution in [1.82, 2.24) is 15.1 Å². The van der Waals surface area contributed by atoms with Crippen molar-refractivity contribution in [3.05, 3.63) is 29.3 Å². The lowest BCUT2D eigenvalue weighted by Gasteiger charge is -2.33. The highest BCUT2D eigenvalue weighted by Crippen LogP contribution is 2.31. The average molecular weight is 425 g/mol. The number of piperidine rings is 2. The van der Waals surface area contributed by atoms with Crippen molar-refractivity contribution in [2.75, 3.05) is 19.6 Å². The van der Waals surface area contributed by atoms with Gasteiger partial charge in [0.2, 0.25) is 11.8 Å². The summed E-state index contributed by atoms with van der Waals surface area (Å²) < 4.78 is 43.9. The summed E-state index contributed by atoms with van der Waals surface area (Å²) in [6.45, 7) is -0.147. The third kappa shape index (κ3) is 4.43. The van der Waals surface area contributed by atoms with Crippen molar-refractivity contribution in [2.45, 2.75) is 50.6 Å². The number of hydrogen-bond acceptors (Lipinski definition) is 5. The van der Waals surface area contributed by atoms with E-state index in [2.05, 4.69) is 5.32 Å². The topological polar surface area (TPSA) is 79.0 Å². The monoisotopic (exact) mass is 425 g/mol. The first kappa shape index (κ1) is 20.6. The van der Waals surface area contributed by atoms with Crippen LogP contribution >= 0.6 is 0 Å². The fraction of sp³-hybridized carbons (Fsp3) is 0.550. The van der Waals surface area contributed by atoms with Crippen LogP contribution in [0.25, 0.3) is 0 Å². The van der Waals surface area contributed by atoms with Crippen LogP contribution in [0.3, 0.4) is 0 Å². The summed E-state index contributed by atoms with van der Waals surface area (Å²) in [4.78, 5) is 39.0. The number of imide groups is 1.